The van der Waals surface area contributed by atoms with Crippen LogP contribution in [0.15, 0.2) is 55.2 Å². The van der Waals surface area contributed by atoms with E-state index < -0.39 is 24.1 Å². The standard InChI is InChI=1S/C46H53F2N13O4/c1-27-40-34(3-2-4-37(40)61(54-27)42-38(62)11-15-49-46(42)64)30-19-50-58(23-30)22-29-12-16-56(17-13-29)21-28-5-7-31(8-6-28)60-26-36(41(55-60)43(47)48)52-45(63)35-20-51-59-18-14-39(53-44(35)59)57-24-32-9-10-33(25-57)65-32/h2-4,14,18-20,23,26,28-29,31-33,42-43H,5-13,15-17,21-22,24-25H2,1H3,(H,49,64)(H,52,63). The number of nitrogens with zero attached hydrogens (tertiary/aromatic N) is 11. The first-order chi connectivity index (χ1) is 31.6. The third-order valence-electron chi connectivity index (χ3n) is 14.4. The Morgan fingerprint density at radius 2 is 1.71 bits per heavy atom. The third kappa shape index (κ3) is 8.06. The topological polar surface area (TPSA) is 175 Å². The number of fused-ring (bicyclic) bond motifs is 4. The lowest BCUT2D eigenvalue weighted by Crippen LogP contribution is -2.44. The number of carbonyl (C=O) groups excluding carboxylic acids is 3. The van der Waals surface area contributed by atoms with Crippen LogP contribution in [-0.2, 0) is 20.9 Å². The van der Waals surface area contributed by atoms with Crippen LogP contribution in [0.5, 0.6) is 0 Å². The van der Waals surface area contributed by atoms with Gasteiger partial charge in [-0.2, -0.15) is 20.4 Å². The summed E-state index contributed by atoms with van der Waals surface area (Å²) in [5.41, 5.74) is 3.59. The van der Waals surface area contributed by atoms with Crippen molar-refractivity contribution in [2.45, 2.75) is 102 Å². The number of amides is 2. The Morgan fingerprint density at radius 3 is 2.48 bits per heavy atom. The molecule has 19 heteroatoms. The normalized spacial score (nSPS) is 24.4. The molecule has 5 aromatic heterocycles. The van der Waals surface area contributed by atoms with E-state index in [0.29, 0.717) is 30.4 Å². The number of Topliss-reactive ketones (excluding diaryl/α,β-unsaturated/α-hetero) is 1. The number of alkyl halides is 2. The Balaban J connectivity index is 0.675. The van der Waals surface area contributed by atoms with Gasteiger partial charge in [-0.25, -0.2) is 23.0 Å². The number of benzene rings is 1. The summed E-state index contributed by atoms with van der Waals surface area (Å²) in [5.74, 6) is 0.740. The number of ether oxygens (including phenoxy) is 1. The highest BCUT2D eigenvalue weighted by molar-refractivity contribution is 6.09. The van der Waals surface area contributed by atoms with E-state index in [0.717, 1.165) is 124 Å². The van der Waals surface area contributed by atoms with E-state index in [1.165, 1.54) is 10.7 Å². The predicted molar refractivity (Wildman–Crippen MR) is 236 cm³/mol. The van der Waals surface area contributed by atoms with Crippen LogP contribution in [0.2, 0.25) is 0 Å². The Labute approximate surface area is 373 Å². The first-order valence-corrected chi connectivity index (χ1v) is 23.1. The summed E-state index contributed by atoms with van der Waals surface area (Å²) in [6.07, 6.45) is 14.3. The molecule has 9 heterocycles. The highest BCUT2D eigenvalue weighted by Crippen LogP contribution is 2.37. The molecule has 4 aliphatic heterocycles. The molecule has 3 atom stereocenters. The van der Waals surface area contributed by atoms with Crippen molar-refractivity contribution in [1.82, 2.24) is 54.2 Å². The van der Waals surface area contributed by atoms with Gasteiger partial charge in [0.25, 0.3) is 18.2 Å². The van der Waals surface area contributed by atoms with Crippen LogP contribution in [-0.4, -0.2) is 118 Å². The van der Waals surface area contributed by atoms with Crippen molar-refractivity contribution in [2.75, 3.05) is 49.5 Å². The molecule has 17 nitrogen and oxygen atoms in total. The van der Waals surface area contributed by atoms with Gasteiger partial charge in [0.1, 0.15) is 11.4 Å². The molecule has 1 aromatic carbocycles. The number of carbonyl (C=O) groups is 3. The Morgan fingerprint density at radius 1 is 0.923 bits per heavy atom. The molecule has 2 amide bonds. The zero-order valence-corrected chi connectivity index (χ0v) is 36.4. The number of rotatable bonds is 11. The molecule has 0 spiro atoms. The molecule has 0 radical (unpaired) electrons. The van der Waals surface area contributed by atoms with Gasteiger partial charge in [0, 0.05) is 68.7 Å². The van der Waals surface area contributed by atoms with Gasteiger partial charge < -0.3 is 25.2 Å². The molecule has 6 aromatic rings. The van der Waals surface area contributed by atoms with Gasteiger partial charge in [0.15, 0.2) is 23.2 Å². The number of ketones is 1. The van der Waals surface area contributed by atoms with Crippen molar-refractivity contribution in [1.29, 1.82) is 0 Å². The second-order valence-corrected chi connectivity index (χ2v) is 18.6. The number of likely N-dealkylation sites (tertiary alicyclic amines) is 1. The maximum Gasteiger partial charge on any atom is 0.284 e. The van der Waals surface area contributed by atoms with Crippen molar-refractivity contribution in [2.24, 2.45) is 11.8 Å². The van der Waals surface area contributed by atoms with Crippen molar-refractivity contribution in [3.05, 3.63) is 72.2 Å². The predicted octanol–water partition coefficient (Wildman–Crippen LogP) is 5.78. The monoisotopic (exact) mass is 889 g/mol. The maximum atomic E-state index is 14.4. The fraction of sp³-hybridized carbons (Fsp3) is 0.522. The van der Waals surface area contributed by atoms with Crippen LogP contribution in [0.25, 0.3) is 27.7 Å². The first-order valence-electron chi connectivity index (χ1n) is 23.1. The van der Waals surface area contributed by atoms with E-state index in [9.17, 15) is 23.2 Å². The Kier molecular flexibility index (Phi) is 10.9. The van der Waals surface area contributed by atoms with Gasteiger partial charge in [-0.05, 0) is 101 Å². The molecule has 5 fully saturated rings. The summed E-state index contributed by atoms with van der Waals surface area (Å²) >= 11 is 0. The summed E-state index contributed by atoms with van der Waals surface area (Å²) in [6.45, 7) is 7.60. The van der Waals surface area contributed by atoms with Crippen LogP contribution in [0.4, 0.5) is 20.3 Å². The van der Waals surface area contributed by atoms with E-state index in [1.807, 2.05) is 42.1 Å². The summed E-state index contributed by atoms with van der Waals surface area (Å²) < 4.78 is 41.5. The van der Waals surface area contributed by atoms with Gasteiger partial charge in [-0.3, -0.25) is 23.7 Å². The Hall–Kier alpha value is -6.08. The van der Waals surface area contributed by atoms with Crippen molar-refractivity contribution < 1.29 is 27.9 Å². The number of nitrogens with one attached hydrogen (secondary N) is 2. The number of hydrogen-bond donors (Lipinski definition) is 2. The minimum absolute atomic E-state index is 0.00588. The second kappa shape index (κ2) is 17.0. The maximum absolute atomic E-state index is 14.4. The largest absolute Gasteiger partial charge is 0.371 e. The molecule has 1 aliphatic carbocycles. The van der Waals surface area contributed by atoms with Gasteiger partial charge >= 0.3 is 0 Å². The SMILES string of the molecule is Cc1nn(C2C(=O)CCNC2=O)c2cccc(-c3cnn(CC4CCN(CC5CCC(n6cc(NC(=O)c7cnn8ccc(N9CC%10CCC(C9)O%10)nc78)c(C(F)F)n6)CC5)CC4)c3)c12. The number of morpholine rings is 1. The van der Waals surface area contributed by atoms with Gasteiger partial charge in [-0.1, -0.05) is 12.1 Å². The highest BCUT2D eigenvalue weighted by atomic mass is 19.3. The summed E-state index contributed by atoms with van der Waals surface area (Å²) in [6, 6.07) is 6.77. The number of halogens is 2. The number of piperidine rings is 2. The minimum atomic E-state index is -2.85. The van der Waals surface area contributed by atoms with Crippen molar-refractivity contribution in [3.8, 4) is 11.1 Å². The summed E-state index contributed by atoms with van der Waals surface area (Å²) in [7, 11) is 0. The average Bonchev–Trinajstić information content (AvgIpc) is 4.16. The number of aryl methyl sites for hydroxylation is 1. The van der Waals surface area contributed by atoms with E-state index >= 15 is 0 Å². The quantitative estimate of drug-likeness (QED) is 0.151. The van der Waals surface area contributed by atoms with E-state index in [2.05, 4.69) is 41.9 Å². The number of aromatic nitrogens is 9. The van der Waals surface area contributed by atoms with Crippen LogP contribution in [0.3, 0.4) is 0 Å². The molecular formula is C46H53F2N13O4. The minimum Gasteiger partial charge on any atom is -0.371 e. The van der Waals surface area contributed by atoms with Crippen LogP contribution in [0.1, 0.15) is 98.0 Å². The molecule has 1 saturated carbocycles. The highest BCUT2D eigenvalue weighted by Gasteiger charge is 2.36. The lowest BCUT2D eigenvalue weighted by molar-refractivity contribution is -0.135. The summed E-state index contributed by atoms with van der Waals surface area (Å²) in [4.78, 5) is 48.6. The van der Waals surface area contributed by atoms with E-state index in [-0.39, 0.29) is 41.2 Å². The van der Waals surface area contributed by atoms with Crippen molar-refractivity contribution in [3.63, 3.8) is 0 Å². The third-order valence-corrected chi connectivity index (χ3v) is 14.4. The molecule has 4 saturated heterocycles. The van der Waals surface area contributed by atoms with Gasteiger partial charge in [0.2, 0.25) is 0 Å². The fourth-order valence-corrected chi connectivity index (χ4v) is 11.0. The number of anilines is 2. The molecule has 5 aliphatic rings. The average molecular weight is 890 g/mol. The van der Waals surface area contributed by atoms with E-state index in [1.54, 1.807) is 21.8 Å². The van der Waals surface area contributed by atoms with Crippen LogP contribution in [0, 0.1) is 18.8 Å². The summed E-state index contributed by atoms with van der Waals surface area (Å²) in [5, 5.41) is 24.5. The molecule has 65 heavy (non-hydrogen) atoms. The van der Waals surface area contributed by atoms with Gasteiger partial charge in [0.05, 0.1) is 47.5 Å². The molecule has 11 rings (SSSR count). The van der Waals surface area contributed by atoms with Crippen LogP contribution < -0.4 is 15.5 Å². The molecule has 340 valence electrons. The molecule has 3 unspecified atom stereocenters. The fourth-order valence-electron chi connectivity index (χ4n) is 11.0. The zero-order chi connectivity index (χ0) is 44.3. The van der Waals surface area contributed by atoms with Crippen LogP contribution >= 0.6 is 0 Å². The molecule has 2 N–H and O–H groups in total. The smallest absolute Gasteiger partial charge is 0.284 e. The second-order valence-electron chi connectivity index (χ2n) is 18.6. The first kappa shape index (κ1) is 41.6. The Bertz CT molecular complexity index is 2730. The van der Waals surface area contributed by atoms with Gasteiger partial charge in [-0.15, -0.1) is 0 Å². The van der Waals surface area contributed by atoms with Crippen molar-refractivity contribution >= 4 is 45.7 Å². The lowest BCUT2D eigenvalue weighted by atomic mass is 9.85. The van der Waals surface area contributed by atoms with E-state index in [4.69, 9.17) is 14.8 Å². The molecular weight excluding hydrogens is 837 g/mol. The lowest BCUT2D eigenvalue weighted by Gasteiger charge is -2.36. The zero-order valence-electron chi connectivity index (χ0n) is 36.4. The number of hydrogen-bond acceptors (Lipinski definition) is 11. The molecule has 2 bridgehead atoms.